The minimum atomic E-state index is -0.170. The number of nitrogens with one attached hydrogen (secondary N) is 1. The number of amides is 1. The van der Waals surface area contributed by atoms with Crippen LogP contribution in [-0.4, -0.2) is 12.5 Å². The molecule has 21 heavy (non-hydrogen) atoms. The highest BCUT2D eigenvalue weighted by Gasteiger charge is 2.12. The van der Waals surface area contributed by atoms with E-state index in [9.17, 15) is 4.79 Å². The Labute approximate surface area is 123 Å². The van der Waals surface area contributed by atoms with Crippen molar-refractivity contribution in [3.05, 3.63) is 59.7 Å². The van der Waals surface area contributed by atoms with Gasteiger partial charge in [-0.3, -0.25) is 4.79 Å². The van der Waals surface area contributed by atoms with Gasteiger partial charge in [0.25, 0.3) is 0 Å². The highest BCUT2D eigenvalue weighted by molar-refractivity contribution is 6.02. The lowest BCUT2D eigenvalue weighted by Gasteiger charge is -2.04. The van der Waals surface area contributed by atoms with Crippen LogP contribution in [0.1, 0.15) is 11.1 Å². The molecule has 106 valence electrons. The van der Waals surface area contributed by atoms with Gasteiger partial charge in [0.05, 0.1) is 6.61 Å². The Morgan fingerprint density at radius 2 is 2.14 bits per heavy atom. The van der Waals surface area contributed by atoms with Crippen LogP contribution in [0.2, 0.25) is 0 Å². The molecule has 3 N–H and O–H groups in total. The minimum absolute atomic E-state index is 0.170. The van der Waals surface area contributed by atoms with Crippen molar-refractivity contribution in [2.45, 2.75) is 6.42 Å². The fraction of sp³-hybridized carbons (Fsp3) is 0.118. The topological polar surface area (TPSA) is 64.4 Å². The summed E-state index contributed by atoms with van der Waals surface area (Å²) in [5, 5.41) is 2.84. The van der Waals surface area contributed by atoms with Crippen LogP contribution in [0.15, 0.2) is 48.5 Å². The zero-order valence-corrected chi connectivity index (χ0v) is 11.5. The number of hydrogen-bond acceptors (Lipinski definition) is 3. The van der Waals surface area contributed by atoms with Crippen LogP contribution >= 0.6 is 0 Å². The Morgan fingerprint density at radius 1 is 1.24 bits per heavy atom. The first kappa shape index (κ1) is 13.2. The van der Waals surface area contributed by atoms with Crippen LogP contribution in [0, 0.1) is 0 Å². The molecule has 0 aliphatic carbocycles. The molecule has 0 fully saturated rings. The van der Waals surface area contributed by atoms with Gasteiger partial charge in [0, 0.05) is 23.9 Å². The van der Waals surface area contributed by atoms with Crippen LogP contribution < -0.4 is 15.8 Å². The maximum Gasteiger partial charge on any atom is 0.248 e. The molecule has 0 unspecified atom stereocenters. The monoisotopic (exact) mass is 280 g/mol. The number of fused-ring (bicyclic) bond motifs is 1. The van der Waals surface area contributed by atoms with Crippen molar-refractivity contribution >= 4 is 23.4 Å². The molecular formula is C17H16N2O2. The molecule has 0 atom stereocenters. The standard InChI is InChI=1S/C17H16N2O2/c18-14-3-1-2-12(10-14)4-7-17(20)19-15-5-6-16-13(11-15)8-9-21-16/h1-7,10-11H,8-9,18H2,(H,19,20)/b7-4+. The number of nitrogens with two attached hydrogens (primary N) is 1. The third-order valence-electron chi connectivity index (χ3n) is 3.29. The summed E-state index contributed by atoms with van der Waals surface area (Å²) in [4.78, 5) is 11.9. The van der Waals surface area contributed by atoms with Crippen molar-refractivity contribution in [2.24, 2.45) is 0 Å². The van der Waals surface area contributed by atoms with E-state index in [-0.39, 0.29) is 5.91 Å². The molecule has 0 radical (unpaired) electrons. The summed E-state index contributed by atoms with van der Waals surface area (Å²) in [5.74, 6) is 0.736. The summed E-state index contributed by atoms with van der Waals surface area (Å²) in [6.07, 6.45) is 4.12. The number of hydrogen-bond donors (Lipinski definition) is 2. The van der Waals surface area contributed by atoms with Gasteiger partial charge in [0.2, 0.25) is 5.91 Å². The summed E-state index contributed by atoms with van der Waals surface area (Å²) >= 11 is 0. The van der Waals surface area contributed by atoms with Gasteiger partial charge in [-0.1, -0.05) is 12.1 Å². The molecule has 0 aromatic heterocycles. The molecule has 1 amide bonds. The van der Waals surface area contributed by atoms with Gasteiger partial charge >= 0.3 is 0 Å². The van der Waals surface area contributed by atoms with Crippen LogP contribution in [-0.2, 0) is 11.2 Å². The van der Waals surface area contributed by atoms with Gasteiger partial charge in [0.1, 0.15) is 5.75 Å². The average Bonchev–Trinajstić information content (AvgIpc) is 2.93. The highest BCUT2D eigenvalue weighted by Crippen LogP contribution is 2.27. The van der Waals surface area contributed by atoms with E-state index >= 15 is 0 Å². The van der Waals surface area contributed by atoms with E-state index in [1.54, 1.807) is 6.08 Å². The number of rotatable bonds is 3. The van der Waals surface area contributed by atoms with E-state index in [2.05, 4.69) is 5.32 Å². The van der Waals surface area contributed by atoms with Gasteiger partial charge in [0.15, 0.2) is 0 Å². The van der Waals surface area contributed by atoms with Crippen LogP contribution in [0.3, 0.4) is 0 Å². The van der Waals surface area contributed by atoms with Crippen molar-refractivity contribution in [1.82, 2.24) is 0 Å². The predicted molar refractivity (Wildman–Crippen MR) is 84.2 cm³/mol. The van der Waals surface area contributed by atoms with E-state index in [1.165, 1.54) is 6.08 Å². The van der Waals surface area contributed by atoms with Gasteiger partial charge in [-0.05, 0) is 47.5 Å². The summed E-state index contributed by atoms with van der Waals surface area (Å²) < 4.78 is 5.44. The molecule has 1 heterocycles. The quantitative estimate of drug-likeness (QED) is 0.671. The third kappa shape index (κ3) is 3.23. The third-order valence-corrected chi connectivity index (χ3v) is 3.29. The fourth-order valence-corrected chi connectivity index (χ4v) is 2.28. The normalized spacial score (nSPS) is 13.0. The average molecular weight is 280 g/mol. The Morgan fingerprint density at radius 3 is 3.00 bits per heavy atom. The second-order valence-electron chi connectivity index (χ2n) is 4.91. The molecular weight excluding hydrogens is 264 g/mol. The maximum atomic E-state index is 11.9. The van der Waals surface area contributed by atoms with Crippen LogP contribution in [0.5, 0.6) is 5.75 Å². The lowest BCUT2D eigenvalue weighted by Crippen LogP contribution is -2.07. The summed E-state index contributed by atoms with van der Waals surface area (Å²) in [7, 11) is 0. The Hall–Kier alpha value is -2.75. The van der Waals surface area contributed by atoms with Crippen LogP contribution in [0.25, 0.3) is 6.08 Å². The van der Waals surface area contributed by atoms with E-state index in [4.69, 9.17) is 10.5 Å². The summed E-state index contributed by atoms with van der Waals surface area (Å²) in [6.45, 7) is 0.710. The molecule has 0 spiro atoms. The van der Waals surface area contributed by atoms with Gasteiger partial charge < -0.3 is 15.8 Å². The zero-order valence-electron chi connectivity index (χ0n) is 11.5. The molecule has 1 aliphatic heterocycles. The smallest absolute Gasteiger partial charge is 0.248 e. The number of ether oxygens (including phenoxy) is 1. The molecule has 2 aromatic rings. The molecule has 4 heteroatoms. The highest BCUT2D eigenvalue weighted by atomic mass is 16.5. The van der Waals surface area contributed by atoms with Crippen molar-refractivity contribution in [3.63, 3.8) is 0 Å². The Bertz CT molecular complexity index is 708. The van der Waals surface area contributed by atoms with E-state index in [0.717, 1.165) is 29.0 Å². The molecule has 0 saturated carbocycles. The SMILES string of the molecule is Nc1cccc(/C=C/C(=O)Nc2ccc3c(c2)CCO3)c1. The van der Waals surface area contributed by atoms with Crippen molar-refractivity contribution in [3.8, 4) is 5.75 Å². The first-order chi connectivity index (χ1) is 10.2. The Kier molecular flexibility index (Phi) is 3.60. The van der Waals surface area contributed by atoms with Gasteiger partial charge in [-0.2, -0.15) is 0 Å². The summed E-state index contributed by atoms with van der Waals surface area (Å²) in [6, 6.07) is 13.1. The van der Waals surface area contributed by atoms with E-state index in [1.807, 2.05) is 42.5 Å². The number of nitrogen functional groups attached to an aromatic ring is 1. The molecule has 0 bridgehead atoms. The molecule has 1 aliphatic rings. The minimum Gasteiger partial charge on any atom is -0.493 e. The van der Waals surface area contributed by atoms with Gasteiger partial charge in [-0.15, -0.1) is 0 Å². The van der Waals surface area contributed by atoms with Gasteiger partial charge in [-0.25, -0.2) is 0 Å². The maximum absolute atomic E-state index is 11.9. The number of carbonyl (C=O) groups excluding carboxylic acids is 1. The second-order valence-corrected chi connectivity index (χ2v) is 4.91. The molecule has 3 rings (SSSR count). The lowest BCUT2D eigenvalue weighted by atomic mass is 10.1. The largest absolute Gasteiger partial charge is 0.493 e. The number of benzene rings is 2. The fourth-order valence-electron chi connectivity index (χ4n) is 2.28. The van der Waals surface area contributed by atoms with Crippen molar-refractivity contribution in [1.29, 1.82) is 0 Å². The number of carbonyl (C=O) groups is 1. The van der Waals surface area contributed by atoms with Crippen molar-refractivity contribution < 1.29 is 9.53 Å². The van der Waals surface area contributed by atoms with E-state index < -0.39 is 0 Å². The molecule has 4 nitrogen and oxygen atoms in total. The van der Waals surface area contributed by atoms with E-state index in [0.29, 0.717) is 12.3 Å². The first-order valence-electron chi connectivity index (χ1n) is 6.81. The van der Waals surface area contributed by atoms with Crippen LogP contribution in [0.4, 0.5) is 11.4 Å². The predicted octanol–water partition coefficient (Wildman–Crippen LogP) is 2.86. The number of anilines is 2. The molecule has 2 aromatic carbocycles. The Balaban J connectivity index is 1.66. The second kappa shape index (κ2) is 5.71. The lowest BCUT2D eigenvalue weighted by molar-refractivity contribution is -0.111. The molecule has 0 saturated heterocycles. The zero-order chi connectivity index (χ0) is 14.7. The van der Waals surface area contributed by atoms with Crippen molar-refractivity contribution in [2.75, 3.05) is 17.7 Å². The first-order valence-corrected chi connectivity index (χ1v) is 6.81. The summed E-state index contributed by atoms with van der Waals surface area (Å²) in [5.41, 5.74) is 9.18.